The van der Waals surface area contributed by atoms with Crippen molar-refractivity contribution in [3.8, 4) is 5.75 Å². The summed E-state index contributed by atoms with van der Waals surface area (Å²) in [5.41, 5.74) is 12.9. The van der Waals surface area contributed by atoms with Crippen molar-refractivity contribution in [1.29, 1.82) is 0 Å². The molecule has 0 atom stereocenters. The van der Waals surface area contributed by atoms with Gasteiger partial charge in [-0.05, 0) is 47.9 Å². The molecule has 0 amide bonds. The molecule has 2 heterocycles. The Balaban J connectivity index is 1.52. The first kappa shape index (κ1) is 15.6. The number of nitrogens with two attached hydrogens (primary N) is 1. The maximum Gasteiger partial charge on any atom is 0.168 e. The lowest BCUT2D eigenvalue weighted by atomic mass is 9.99. The number of benzene rings is 3. The van der Waals surface area contributed by atoms with Gasteiger partial charge in [-0.2, -0.15) is 4.89 Å². The van der Waals surface area contributed by atoms with Gasteiger partial charge in [0.05, 0.1) is 18.0 Å². The molecule has 0 unspecified atom stereocenters. The molecule has 2 aliphatic heterocycles. The molecule has 0 aliphatic carbocycles. The fraction of sp³-hybridized carbons (Fsp3) is 0.143. The molecule has 0 radical (unpaired) electrons. The Kier molecular flexibility index (Phi) is 3.76. The van der Waals surface area contributed by atoms with Crippen molar-refractivity contribution in [2.45, 2.75) is 22.6 Å². The summed E-state index contributed by atoms with van der Waals surface area (Å²) >= 11 is 1.80. The van der Waals surface area contributed by atoms with Crippen LogP contribution in [0.4, 0.5) is 17.1 Å². The topological polar surface area (TPSA) is 56.5 Å². The molecule has 0 bridgehead atoms. The van der Waals surface area contributed by atoms with Crippen molar-refractivity contribution in [2.24, 2.45) is 0 Å². The van der Waals surface area contributed by atoms with Crippen LogP contribution in [-0.4, -0.2) is 6.61 Å². The molecule has 26 heavy (non-hydrogen) atoms. The molecule has 2 aliphatic rings. The summed E-state index contributed by atoms with van der Waals surface area (Å²) in [6, 6.07) is 18.8. The van der Waals surface area contributed by atoms with Crippen LogP contribution in [0.3, 0.4) is 0 Å². The van der Waals surface area contributed by atoms with E-state index in [-0.39, 0.29) is 0 Å². The molecule has 0 fully saturated rings. The van der Waals surface area contributed by atoms with Crippen LogP contribution in [0.15, 0.2) is 64.4 Å². The highest BCUT2D eigenvalue weighted by atomic mass is 32.2. The van der Waals surface area contributed by atoms with Crippen molar-refractivity contribution in [3.05, 3.63) is 71.3 Å². The summed E-state index contributed by atoms with van der Waals surface area (Å²) < 4.78 is 0. The van der Waals surface area contributed by atoms with E-state index in [0.717, 1.165) is 35.7 Å². The molecule has 0 saturated carbocycles. The number of nitrogen functional groups attached to an aromatic ring is 1. The Hall–Kier alpha value is -2.63. The molecule has 5 rings (SSSR count). The molecule has 0 spiro atoms. The van der Waals surface area contributed by atoms with Gasteiger partial charge in [0.2, 0.25) is 0 Å². The van der Waals surface area contributed by atoms with Gasteiger partial charge in [0.1, 0.15) is 0 Å². The molecule has 130 valence electrons. The molecule has 3 N–H and O–H groups in total. The Morgan fingerprint density at radius 2 is 1.96 bits per heavy atom. The third-order valence-corrected chi connectivity index (χ3v) is 5.94. The molecule has 0 aromatic heterocycles. The second-order valence-corrected chi connectivity index (χ2v) is 7.61. The van der Waals surface area contributed by atoms with E-state index in [2.05, 4.69) is 41.7 Å². The number of para-hydroxylation sites is 1. The Morgan fingerprint density at radius 1 is 1.04 bits per heavy atom. The van der Waals surface area contributed by atoms with E-state index < -0.39 is 0 Å². The fourth-order valence-electron chi connectivity index (χ4n) is 3.47. The Labute approximate surface area is 156 Å². The third kappa shape index (κ3) is 2.79. The van der Waals surface area contributed by atoms with Crippen LogP contribution in [-0.2, 0) is 17.7 Å². The molecule has 3 aromatic carbocycles. The van der Waals surface area contributed by atoms with Crippen molar-refractivity contribution >= 4 is 28.8 Å². The fourth-order valence-corrected chi connectivity index (χ4v) is 4.55. The monoisotopic (exact) mass is 362 g/mol. The first-order valence-corrected chi connectivity index (χ1v) is 9.45. The van der Waals surface area contributed by atoms with Gasteiger partial charge in [0.15, 0.2) is 5.75 Å². The van der Waals surface area contributed by atoms with E-state index in [4.69, 9.17) is 15.5 Å². The first-order valence-electron chi connectivity index (χ1n) is 8.64. The minimum atomic E-state index is 0.598. The van der Waals surface area contributed by atoms with Gasteiger partial charge in [-0.15, -0.1) is 0 Å². The minimum Gasteiger partial charge on any atom is -0.399 e. The van der Waals surface area contributed by atoms with Crippen molar-refractivity contribution < 1.29 is 9.78 Å². The summed E-state index contributed by atoms with van der Waals surface area (Å²) in [4.78, 5) is 12.8. The second kappa shape index (κ2) is 6.27. The molecule has 4 nitrogen and oxygen atoms in total. The normalized spacial score (nSPS) is 14.5. The Bertz CT molecular complexity index is 1000. The number of hydrogen-bond donors (Lipinski definition) is 2. The van der Waals surface area contributed by atoms with Crippen molar-refractivity contribution in [1.82, 2.24) is 0 Å². The van der Waals surface area contributed by atoms with E-state index >= 15 is 0 Å². The zero-order chi connectivity index (χ0) is 17.5. The predicted molar refractivity (Wildman–Crippen MR) is 104 cm³/mol. The van der Waals surface area contributed by atoms with Crippen LogP contribution in [0.25, 0.3) is 0 Å². The maximum absolute atomic E-state index is 6.18. The average Bonchev–Trinajstić information content (AvgIpc) is 2.66. The van der Waals surface area contributed by atoms with Gasteiger partial charge in [0, 0.05) is 27.5 Å². The smallest absolute Gasteiger partial charge is 0.168 e. The Morgan fingerprint density at radius 3 is 2.92 bits per heavy atom. The third-order valence-electron chi connectivity index (χ3n) is 4.68. The molecule has 0 saturated heterocycles. The van der Waals surface area contributed by atoms with E-state index in [0.29, 0.717) is 6.61 Å². The van der Waals surface area contributed by atoms with Gasteiger partial charge in [-0.25, -0.2) is 0 Å². The maximum atomic E-state index is 6.18. The molecule has 3 aromatic rings. The van der Waals surface area contributed by atoms with Gasteiger partial charge >= 0.3 is 0 Å². The lowest BCUT2D eigenvalue weighted by Crippen LogP contribution is -2.11. The van der Waals surface area contributed by atoms with Crippen LogP contribution in [0.2, 0.25) is 0 Å². The van der Waals surface area contributed by atoms with Gasteiger partial charge in [-0.1, -0.05) is 36.0 Å². The SMILES string of the molecule is Nc1cc(Cc2ccc3c(c2)CCOO3)c2c(c1)Nc1ccccc1S2. The van der Waals surface area contributed by atoms with E-state index in [1.165, 1.54) is 26.5 Å². The number of anilines is 3. The van der Waals surface area contributed by atoms with Gasteiger partial charge in [0.25, 0.3) is 0 Å². The molecule has 5 heteroatoms. The van der Waals surface area contributed by atoms with Crippen molar-refractivity contribution in [2.75, 3.05) is 17.7 Å². The summed E-state index contributed by atoms with van der Waals surface area (Å²) in [6.45, 7) is 0.598. The molecular formula is C21H18N2O2S. The van der Waals surface area contributed by atoms with Gasteiger partial charge < -0.3 is 15.9 Å². The van der Waals surface area contributed by atoms with Crippen LogP contribution in [0.5, 0.6) is 5.75 Å². The number of hydrogen-bond acceptors (Lipinski definition) is 5. The number of nitrogens with one attached hydrogen (secondary N) is 1. The lowest BCUT2D eigenvalue weighted by molar-refractivity contribution is -0.215. The van der Waals surface area contributed by atoms with Crippen LogP contribution < -0.4 is 15.9 Å². The summed E-state index contributed by atoms with van der Waals surface area (Å²) in [5.74, 6) is 0.819. The van der Waals surface area contributed by atoms with Crippen LogP contribution in [0, 0.1) is 0 Å². The number of rotatable bonds is 2. The minimum absolute atomic E-state index is 0.598. The standard InChI is InChI=1S/C21H18N2O2S/c22-16-11-15(10-13-5-6-19-14(9-13)7-8-24-25-19)21-18(12-16)23-17-3-1-2-4-20(17)26-21/h1-6,9,11-12,23H,7-8,10,22H2. The average molecular weight is 362 g/mol. The highest BCUT2D eigenvalue weighted by molar-refractivity contribution is 7.99. The second-order valence-electron chi connectivity index (χ2n) is 6.55. The summed E-state index contributed by atoms with van der Waals surface area (Å²) in [6.07, 6.45) is 1.71. The molecular weight excluding hydrogens is 344 g/mol. The summed E-state index contributed by atoms with van der Waals surface area (Å²) in [5, 5.41) is 3.52. The zero-order valence-corrected chi connectivity index (χ0v) is 14.9. The van der Waals surface area contributed by atoms with E-state index in [1.807, 2.05) is 18.2 Å². The predicted octanol–water partition coefficient (Wildman–Crippen LogP) is 4.93. The zero-order valence-electron chi connectivity index (χ0n) is 14.1. The van der Waals surface area contributed by atoms with E-state index in [9.17, 15) is 0 Å². The lowest BCUT2D eigenvalue weighted by Gasteiger charge is -2.24. The quantitative estimate of drug-likeness (QED) is 0.391. The first-order chi connectivity index (χ1) is 12.8. The number of fused-ring (bicyclic) bond motifs is 3. The summed E-state index contributed by atoms with van der Waals surface area (Å²) in [7, 11) is 0. The highest BCUT2D eigenvalue weighted by Crippen LogP contribution is 2.47. The van der Waals surface area contributed by atoms with E-state index in [1.54, 1.807) is 11.8 Å². The van der Waals surface area contributed by atoms with Crippen molar-refractivity contribution in [3.63, 3.8) is 0 Å². The van der Waals surface area contributed by atoms with Gasteiger partial charge in [-0.3, -0.25) is 0 Å². The van der Waals surface area contributed by atoms with Crippen LogP contribution >= 0.6 is 11.8 Å². The van der Waals surface area contributed by atoms with Crippen LogP contribution in [0.1, 0.15) is 16.7 Å². The largest absolute Gasteiger partial charge is 0.399 e. The highest BCUT2D eigenvalue weighted by Gasteiger charge is 2.20.